The van der Waals surface area contributed by atoms with E-state index < -0.39 is 6.10 Å². The van der Waals surface area contributed by atoms with Gasteiger partial charge in [0.1, 0.15) is 0 Å². The molecule has 2 aromatic carbocycles. The van der Waals surface area contributed by atoms with Crippen molar-refractivity contribution in [1.82, 2.24) is 10.6 Å². The number of guanidine groups is 1. The Hall–Kier alpha value is -1.35. The second-order valence-corrected chi connectivity index (χ2v) is 8.12. The second kappa shape index (κ2) is 13.3. The highest BCUT2D eigenvalue weighted by Crippen LogP contribution is 2.38. The summed E-state index contributed by atoms with van der Waals surface area (Å²) in [5.74, 6) is 0.760. The summed E-state index contributed by atoms with van der Waals surface area (Å²) in [7, 11) is 0. The van der Waals surface area contributed by atoms with Crippen LogP contribution in [0.25, 0.3) is 0 Å². The van der Waals surface area contributed by atoms with Crippen LogP contribution in [-0.4, -0.2) is 43.9 Å². The fourth-order valence-corrected chi connectivity index (χ4v) is 4.24. The third-order valence-corrected chi connectivity index (χ3v) is 6.00. The number of hydrogen-bond donors (Lipinski definition) is 3. The lowest BCUT2D eigenvalue weighted by Crippen LogP contribution is -2.41. The van der Waals surface area contributed by atoms with Crippen molar-refractivity contribution >= 4 is 41.5 Å². The average Bonchev–Trinajstić information content (AvgIpc) is 2.79. The summed E-state index contributed by atoms with van der Waals surface area (Å²) in [5, 5.41) is 17.8. The van der Waals surface area contributed by atoms with E-state index in [0.717, 1.165) is 41.5 Å². The number of hydrogen-bond acceptors (Lipinski definition) is 3. The van der Waals surface area contributed by atoms with Crippen LogP contribution in [-0.2, 0) is 10.2 Å². The van der Waals surface area contributed by atoms with Gasteiger partial charge >= 0.3 is 0 Å². The molecular formula is C24H33ClIN3O2. The predicted molar refractivity (Wildman–Crippen MR) is 139 cm³/mol. The van der Waals surface area contributed by atoms with Crippen LogP contribution in [0.4, 0.5) is 0 Å². The average molecular weight is 558 g/mol. The smallest absolute Gasteiger partial charge is 0.191 e. The zero-order chi connectivity index (χ0) is 21.2. The van der Waals surface area contributed by atoms with Crippen LogP contribution in [0.1, 0.15) is 43.4 Å². The maximum Gasteiger partial charge on any atom is 0.191 e. The van der Waals surface area contributed by atoms with Crippen molar-refractivity contribution in [2.75, 3.05) is 32.8 Å². The first-order chi connectivity index (χ1) is 14.6. The van der Waals surface area contributed by atoms with Crippen LogP contribution < -0.4 is 10.6 Å². The Morgan fingerprint density at radius 2 is 1.77 bits per heavy atom. The van der Waals surface area contributed by atoms with Crippen LogP contribution in [0, 0.1) is 0 Å². The van der Waals surface area contributed by atoms with Crippen LogP contribution in [0.5, 0.6) is 0 Å². The van der Waals surface area contributed by atoms with Crippen molar-refractivity contribution in [2.24, 2.45) is 4.99 Å². The highest BCUT2D eigenvalue weighted by Gasteiger charge is 2.36. The Morgan fingerprint density at radius 1 is 1.10 bits per heavy atom. The normalized spacial score (nSPS) is 16.8. The summed E-state index contributed by atoms with van der Waals surface area (Å²) in [4.78, 5) is 4.89. The molecule has 0 aliphatic carbocycles. The van der Waals surface area contributed by atoms with Gasteiger partial charge < -0.3 is 20.5 Å². The second-order valence-electron chi connectivity index (χ2n) is 7.71. The molecule has 31 heavy (non-hydrogen) atoms. The monoisotopic (exact) mass is 557 g/mol. The van der Waals surface area contributed by atoms with Crippen molar-refractivity contribution in [3.8, 4) is 0 Å². The van der Waals surface area contributed by atoms with Gasteiger partial charge in [0.2, 0.25) is 0 Å². The van der Waals surface area contributed by atoms with Crippen molar-refractivity contribution in [1.29, 1.82) is 0 Å². The number of ether oxygens (including phenoxy) is 1. The summed E-state index contributed by atoms with van der Waals surface area (Å²) in [6.45, 7) is 5.52. The van der Waals surface area contributed by atoms with E-state index in [2.05, 4.69) is 16.7 Å². The largest absolute Gasteiger partial charge is 0.388 e. The van der Waals surface area contributed by atoms with Crippen LogP contribution in [0.3, 0.4) is 0 Å². The lowest BCUT2D eigenvalue weighted by molar-refractivity contribution is 0.0531. The fraction of sp³-hybridized carbons (Fsp3) is 0.458. The third-order valence-electron chi connectivity index (χ3n) is 5.67. The molecule has 1 saturated heterocycles. The molecule has 0 saturated carbocycles. The maximum absolute atomic E-state index is 10.4. The Bertz CT molecular complexity index is 813. The Balaban J connectivity index is 0.00000341. The first-order valence-corrected chi connectivity index (χ1v) is 11.1. The number of aliphatic hydroxyl groups excluding tert-OH is 1. The lowest BCUT2D eigenvalue weighted by atomic mass is 9.74. The zero-order valence-corrected chi connectivity index (χ0v) is 21.1. The molecule has 0 bridgehead atoms. The van der Waals surface area contributed by atoms with Gasteiger partial charge in [0, 0.05) is 36.7 Å². The van der Waals surface area contributed by atoms with Gasteiger partial charge in [-0.25, -0.2) is 0 Å². The molecule has 1 unspecified atom stereocenters. The van der Waals surface area contributed by atoms with E-state index >= 15 is 0 Å². The molecule has 3 rings (SSSR count). The Morgan fingerprint density at radius 3 is 2.45 bits per heavy atom. The van der Waals surface area contributed by atoms with Gasteiger partial charge in [-0.3, -0.25) is 4.99 Å². The molecule has 2 aromatic rings. The number of rotatable bonds is 8. The molecule has 0 spiro atoms. The molecule has 5 nitrogen and oxygen atoms in total. The van der Waals surface area contributed by atoms with Crippen LogP contribution in [0.2, 0.25) is 5.02 Å². The summed E-state index contributed by atoms with van der Waals surface area (Å²) in [5.41, 5.74) is 1.96. The SMILES string of the molecule is CCNC(=NCC1(c2ccccc2Cl)CCOCC1)NCCC(O)c1ccccc1.I. The minimum atomic E-state index is -0.494. The van der Waals surface area contributed by atoms with Gasteiger partial charge in [0.25, 0.3) is 0 Å². The molecule has 1 heterocycles. The summed E-state index contributed by atoms with van der Waals surface area (Å²) in [6.07, 6.45) is 1.91. The molecule has 0 amide bonds. The van der Waals surface area contributed by atoms with Gasteiger partial charge in [0.05, 0.1) is 12.6 Å². The van der Waals surface area contributed by atoms with E-state index in [4.69, 9.17) is 21.3 Å². The topological polar surface area (TPSA) is 65.9 Å². The van der Waals surface area contributed by atoms with E-state index in [1.54, 1.807) is 0 Å². The van der Waals surface area contributed by atoms with E-state index in [1.807, 2.05) is 55.5 Å². The first kappa shape index (κ1) is 25.9. The molecule has 170 valence electrons. The summed E-state index contributed by atoms with van der Waals surface area (Å²) >= 11 is 6.55. The fourth-order valence-electron chi connectivity index (χ4n) is 3.91. The van der Waals surface area contributed by atoms with Crippen molar-refractivity contribution in [3.63, 3.8) is 0 Å². The Kier molecular flexibility index (Phi) is 11.1. The molecule has 1 aliphatic rings. The first-order valence-electron chi connectivity index (χ1n) is 10.7. The van der Waals surface area contributed by atoms with Crippen molar-refractivity contribution < 1.29 is 9.84 Å². The molecule has 7 heteroatoms. The minimum Gasteiger partial charge on any atom is -0.388 e. The van der Waals surface area contributed by atoms with Crippen LogP contribution in [0.15, 0.2) is 59.6 Å². The van der Waals surface area contributed by atoms with E-state index in [9.17, 15) is 5.11 Å². The van der Waals surface area contributed by atoms with Gasteiger partial charge in [0.15, 0.2) is 5.96 Å². The number of aliphatic imine (C=N–C) groups is 1. The molecule has 1 fully saturated rings. The molecule has 3 N–H and O–H groups in total. The predicted octanol–water partition coefficient (Wildman–Crippen LogP) is 4.69. The van der Waals surface area contributed by atoms with Gasteiger partial charge in [-0.15, -0.1) is 24.0 Å². The molecule has 1 atom stereocenters. The van der Waals surface area contributed by atoms with E-state index in [0.29, 0.717) is 32.7 Å². The van der Waals surface area contributed by atoms with Gasteiger partial charge in [-0.1, -0.05) is 60.1 Å². The molecule has 1 aliphatic heterocycles. The third kappa shape index (κ3) is 7.34. The molecule has 0 radical (unpaired) electrons. The lowest BCUT2D eigenvalue weighted by Gasteiger charge is -2.37. The van der Waals surface area contributed by atoms with Gasteiger partial charge in [-0.2, -0.15) is 0 Å². The maximum atomic E-state index is 10.4. The minimum absolute atomic E-state index is 0. The number of nitrogens with one attached hydrogen (secondary N) is 2. The van der Waals surface area contributed by atoms with Gasteiger partial charge in [-0.05, 0) is 43.4 Å². The number of aliphatic hydroxyl groups is 1. The number of benzene rings is 2. The van der Waals surface area contributed by atoms with Crippen molar-refractivity contribution in [2.45, 2.75) is 37.7 Å². The summed E-state index contributed by atoms with van der Waals surface area (Å²) in [6, 6.07) is 17.8. The van der Waals surface area contributed by atoms with E-state index in [-0.39, 0.29) is 29.4 Å². The van der Waals surface area contributed by atoms with Crippen molar-refractivity contribution in [3.05, 3.63) is 70.7 Å². The number of halogens is 2. The zero-order valence-electron chi connectivity index (χ0n) is 18.0. The quantitative estimate of drug-likeness (QED) is 0.250. The summed E-state index contributed by atoms with van der Waals surface area (Å²) < 4.78 is 5.62. The highest BCUT2D eigenvalue weighted by atomic mass is 127. The van der Waals surface area contributed by atoms with E-state index in [1.165, 1.54) is 0 Å². The molecular weight excluding hydrogens is 525 g/mol. The van der Waals surface area contributed by atoms with Crippen LogP contribution >= 0.6 is 35.6 Å². The Labute approximate surface area is 207 Å². The highest BCUT2D eigenvalue weighted by molar-refractivity contribution is 14.0. The standard InChI is InChI=1S/C24H32ClN3O2.HI/c1-2-26-23(27-15-12-22(29)19-8-4-3-5-9-19)28-18-24(13-16-30-17-14-24)20-10-6-7-11-21(20)25;/h3-11,22,29H,2,12-18H2,1H3,(H2,26,27,28);1H. The number of nitrogens with zero attached hydrogens (tertiary/aromatic N) is 1. The molecule has 0 aromatic heterocycles.